The maximum absolute atomic E-state index is 12.6. The average Bonchev–Trinajstić information content (AvgIpc) is 2.70. The number of carbonyl (C=O) groups excluding carboxylic acids is 2. The van der Waals surface area contributed by atoms with Crippen LogP contribution in [-0.2, 0) is 9.59 Å². The van der Waals surface area contributed by atoms with Crippen molar-refractivity contribution in [3.05, 3.63) is 70.8 Å². The second-order valence-electron chi connectivity index (χ2n) is 4.84. The molecule has 1 aliphatic heterocycles. The molecule has 0 spiro atoms. The Morgan fingerprint density at radius 2 is 1.62 bits per heavy atom. The van der Waals surface area contributed by atoms with Gasteiger partial charge in [0.2, 0.25) is 0 Å². The summed E-state index contributed by atoms with van der Waals surface area (Å²) in [5.74, 6) is -0.868. The van der Waals surface area contributed by atoms with Gasteiger partial charge in [-0.3, -0.25) is 9.59 Å². The number of halogens is 1. The van der Waals surface area contributed by atoms with Crippen molar-refractivity contribution in [2.24, 2.45) is 0 Å². The predicted octanol–water partition coefficient (Wildman–Crippen LogP) is 3.52. The largest absolute Gasteiger partial charge is 0.277 e. The molecule has 0 bridgehead atoms. The number of benzene rings is 2. The van der Waals surface area contributed by atoms with Gasteiger partial charge in [0.15, 0.2) is 0 Å². The van der Waals surface area contributed by atoms with Crippen LogP contribution < -0.4 is 4.90 Å². The Morgan fingerprint density at radius 3 is 2.29 bits per heavy atom. The summed E-state index contributed by atoms with van der Waals surface area (Å²) >= 11 is 6.11. The highest BCUT2D eigenvalue weighted by atomic mass is 35.5. The van der Waals surface area contributed by atoms with Gasteiger partial charge < -0.3 is 0 Å². The summed E-state index contributed by atoms with van der Waals surface area (Å²) < 4.78 is 0. The van der Waals surface area contributed by atoms with E-state index in [4.69, 9.17) is 11.6 Å². The first-order valence-corrected chi connectivity index (χ1v) is 6.88. The summed E-state index contributed by atoms with van der Waals surface area (Å²) in [6, 6.07) is 16.2. The lowest BCUT2D eigenvalue weighted by molar-refractivity contribution is -0.119. The molecule has 4 heteroatoms. The molecule has 0 radical (unpaired) electrons. The van der Waals surface area contributed by atoms with Gasteiger partial charge in [-0.25, -0.2) is 4.90 Å². The summed E-state index contributed by atoms with van der Waals surface area (Å²) in [4.78, 5) is 26.1. The van der Waals surface area contributed by atoms with E-state index >= 15 is 0 Å². The molecule has 1 heterocycles. The third kappa shape index (κ3) is 2.26. The zero-order valence-corrected chi connectivity index (χ0v) is 12.1. The molecule has 2 aromatic carbocycles. The van der Waals surface area contributed by atoms with Crippen LogP contribution >= 0.6 is 11.6 Å². The van der Waals surface area contributed by atoms with Gasteiger partial charge in [0.1, 0.15) is 5.03 Å². The fourth-order valence-electron chi connectivity index (χ4n) is 2.36. The molecule has 2 aromatic rings. The topological polar surface area (TPSA) is 37.4 Å². The van der Waals surface area contributed by atoms with E-state index < -0.39 is 5.91 Å². The van der Waals surface area contributed by atoms with Gasteiger partial charge >= 0.3 is 0 Å². The zero-order valence-electron chi connectivity index (χ0n) is 11.3. The van der Waals surface area contributed by atoms with Crippen molar-refractivity contribution >= 4 is 34.7 Å². The van der Waals surface area contributed by atoms with Crippen molar-refractivity contribution in [2.75, 3.05) is 4.90 Å². The zero-order chi connectivity index (χ0) is 15.0. The van der Waals surface area contributed by atoms with Crippen LogP contribution in [0.1, 0.15) is 11.1 Å². The van der Waals surface area contributed by atoms with E-state index in [0.717, 1.165) is 10.5 Å². The molecular formula is C17H12ClNO2. The second-order valence-corrected chi connectivity index (χ2v) is 5.22. The summed E-state index contributed by atoms with van der Waals surface area (Å²) in [7, 11) is 0. The Balaban J connectivity index is 2.07. The monoisotopic (exact) mass is 297 g/mol. The van der Waals surface area contributed by atoms with Crippen molar-refractivity contribution in [2.45, 2.75) is 6.92 Å². The average molecular weight is 298 g/mol. The summed E-state index contributed by atoms with van der Waals surface area (Å²) in [5.41, 5.74) is 2.41. The van der Waals surface area contributed by atoms with Crippen molar-refractivity contribution in [3.8, 4) is 0 Å². The van der Waals surface area contributed by atoms with E-state index in [1.165, 1.54) is 0 Å². The molecule has 2 amide bonds. The normalized spacial score (nSPS) is 15.0. The minimum atomic E-state index is -0.480. The first-order chi connectivity index (χ1) is 10.1. The van der Waals surface area contributed by atoms with Crippen molar-refractivity contribution in [3.63, 3.8) is 0 Å². The van der Waals surface area contributed by atoms with E-state index in [9.17, 15) is 9.59 Å². The molecule has 3 nitrogen and oxygen atoms in total. The Hall–Kier alpha value is -2.39. The number of aryl methyl sites for hydroxylation is 1. The number of amides is 2. The quantitative estimate of drug-likeness (QED) is 0.795. The van der Waals surface area contributed by atoms with Gasteiger partial charge in [0.25, 0.3) is 11.8 Å². The van der Waals surface area contributed by atoms with Crippen LogP contribution in [0.5, 0.6) is 0 Å². The molecule has 1 aliphatic rings. The van der Waals surface area contributed by atoms with Gasteiger partial charge in [-0.1, -0.05) is 54.1 Å². The SMILES string of the molecule is Cc1cccc(N2C(=O)C(Cl)=C(c3ccccc3)C2=O)c1. The van der Waals surface area contributed by atoms with Gasteiger partial charge in [-0.2, -0.15) is 0 Å². The number of nitrogens with zero attached hydrogens (tertiary/aromatic N) is 1. The first-order valence-electron chi connectivity index (χ1n) is 6.50. The lowest BCUT2D eigenvalue weighted by Crippen LogP contribution is -2.31. The van der Waals surface area contributed by atoms with E-state index in [-0.39, 0.29) is 16.5 Å². The van der Waals surface area contributed by atoms with E-state index in [0.29, 0.717) is 11.3 Å². The molecular weight excluding hydrogens is 286 g/mol. The second kappa shape index (κ2) is 5.19. The Morgan fingerprint density at radius 1 is 0.905 bits per heavy atom. The third-order valence-electron chi connectivity index (χ3n) is 3.35. The first kappa shape index (κ1) is 13.6. The molecule has 21 heavy (non-hydrogen) atoms. The molecule has 0 unspecified atom stereocenters. The van der Waals surface area contributed by atoms with Gasteiger partial charge in [0.05, 0.1) is 11.3 Å². The Bertz CT molecular complexity index is 765. The summed E-state index contributed by atoms with van der Waals surface area (Å²) in [6.07, 6.45) is 0. The maximum Gasteiger partial charge on any atom is 0.277 e. The molecule has 0 saturated heterocycles. The molecule has 0 N–H and O–H groups in total. The number of anilines is 1. The minimum Gasteiger partial charge on any atom is -0.268 e. The Labute approximate surface area is 127 Å². The van der Waals surface area contributed by atoms with Crippen LogP contribution in [-0.4, -0.2) is 11.8 Å². The number of rotatable bonds is 2. The fraction of sp³-hybridized carbons (Fsp3) is 0.0588. The highest BCUT2D eigenvalue weighted by Crippen LogP contribution is 2.34. The molecule has 3 rings (SSSR count). The fourth-order valence-corrected chi connectivity index (χ4v) is 2.63. The van der Waals surface area contributed by atoms with Gasteiger partial charge in [0, 0.05) is 0 Å². The van der Waals surface area contributed by atoms with Crippen molar-refractivity contribution in [1.29, 1.82) is 0 Å². The van der Waals surface area contributed by atoms with E-state index in [2.05, 4.69) is 0 Å². The Kier molecular flexibility index (Phi) is 3.35. The van der Waals surface area contributed by atoms with Gasteiger partial charge in [-0.05, 0) is 30.2 Å². The molecule has 104 valence electrons. The predicted molar refractivity (Wildman–Crippen MR) is 82.9 cm³/mol. The minimum absolute atomic E-state index is 0.0345. The summed E-state index contributed by atoms with van der Waals surface area (Å²) in [5, 5.41) is -0.0345. The van der Waals surface area contributed by atoms with Crippen LogP contribution in [0.25, 0.3) is 5.57 Å². The third-order valence-corrected chi connectivity index (χ3v) is 3.70. The lowest BCUT2D eigenvalue weighted by Gasteiger charge is -2.15. The highest BCUT2D eigenvalue weighted by molar-refractivity contribution is 6.60. The lowest BCUT2D eigenvalue weighted by atomic mass is 10.1. The van der Waals surface area contributed by atoms with Crippen LogP contribution in [0.15, 0.2) is 59.6 Å². The van der Waals surface area contributed by atoms with Crippen molar-refractivity contribution < 1.29 is 9.59 Å². The standard InChI is InChI=1S/C17H12ClNO2/c1-11-6-5-9-13(10-11)19-16(20)14(15(18)17(19)21)12-7-3-2-4-8-12/h2-10H,1H3. The van der Waals surface area contributed by atoms with Crippen LogP contribution in [0.3, 0.4) is 0 Å². The van der Waals surface area contributed by atoms with Crippen molar-refractivity contribution in [1.82, 2.24) is 0 Å². The molecule has 0 atom stereocenters. The van der Waals surface area contributed by atoms with E-state index in [1.54, 1.807) is 42.5 Å². The van der Waals surface area contributed by atoms with Crippen LogP contribution in [0.4, 0.5) is 5.69 Å². The molecule has 0 saturated carbocycles. The molecule has 0 fully saturated rings. The number of hydrogen-bond donors (Lipinski definition) is 0. The smallest absolute Gasteiger partial charge is 0.268 e. The number of hydrogen-bond acceptors (Lipinski definition) is 2. The molecule has 0 aliphatic carbocycles. The van der Waals surface area contributed by atoms with Crippen LogP contribution in [0.2, 0.25) is 0 Å². The van der Waals surface area contributed by atoms with E-state index in [1.807, 2.05) is 19.1 Å². The highest BCUT2D eigenvalue weighted by Gasteiger charge is 2.39. The maximum atomic E-state index is 12.6. The summed E-state index contributed by atoms with van der Waals surface area (Å²) in [6.45, 7) is 1.90. The number of carbonyl (C=O) groups is 2. The molecule has 0 aromatic heterocycles. The number of imide groups is 1. The van der Waals surface area contributed by atoms with Gasteiger partial charge in [-0.15, -0.1) is 0 Å². The van der Waals surface area contributed by atoms with Crippen LogP contribution in [0, 0.1) is 6.92 Å².